The van der Waals surface area contributed by atoms with Gasteiger partial charge in [-0.05, 0) is 128 Å². The van der Waals surface area contributed by atoms with Crippen LogP contribution in [0.5, 0.6) is 0 Å². The van der Waals surface area contributed by atoms with Gasteiger partial charge in [0.15, 0.2) is 0 Å². The van der Waals surface area contributed by atoms with E-state index in [1.165, 1.54) is 63.4 Å². The molecule has 0 heterocycles. The second-order valence-electron chi connectivity index (χ2n) is 14.6. The third-order valence-electron chi connectivity index (χ3n) is 13.5. The topological polar surface area (TPSA) is 40.5 Å². The van der Waals surface area contributed by atoms with Gasteiger partial charge < -0.3 is 10.2 Å². The summed E-state index contributed by atoms with van der Waals surface area (Å²) in [7, 11) is 0. The van der Waals surface area contributed by atoms with Crippen LogP contribution in [0.2, 0.25) is 0 Å². The van der Waals surface area contributed by atoms with Crippen LogP contribution in [0.3, 0.4) is 0 Å². The maximum atomic E-state index is 10.9. The lowest BCUT2D eigenvalue weighted by molar-refractivity contribution is -0.249. The zero-order valence-corrected chi connectivity index (χ0v) is 21.8. The Balaban J connectivity index is 1.55. The van der Waals surface area contributed by atoms with Crippen molar-refractivity contribution in [1.82, 2.24) is 0 Å². The lowest BCUT2D eigenvalue weighted by Crippen LogP contribution is -2.66. The molecular weight excluding hydrogens is 392 g/mol. The molecule has 10 atom stereocenters. The van der Waals surface area contributed by atoms with Crippen LogP contribution < -0.4 is 0 Å². The molecule has 0 aliphatic heterocycles. The van der Waals surface area contributed by atoms with Crippen molar-refractivity contribution in [1.29, 1.82) is 0 Å². The standard InChI is InChI=1S/C30H50O2/c1-19(2)20-10-15-30(18-31)17-16-28(6)21(25(20)30)8-9-23-27(5)13-12-24(32)26(3,4)22(27)11-14-29(23,28)7/h20-25,31-32H,1,8-18H2,2-7H3/t20-,21-,22-,23-,24-,25-,27-,28+,29+,30+/m0/s1. The van der Waals surface area contributed by atoms with Gasteiger partial charge in [-0.25, -0.2) is 0 Å². The molecule has 32 heavy (non-hydrogen) atoms. The highest BCUT2D eigenvalue weighted by Crippen LogP contribution is 2.77. The zero-order valence-electron chi connectivity index (χ0n) is 21.8. The first-order chi connectivity index (χ1) is 14.9. The van der Waals surface area contributed by atoms with E-state index < -0.39 is 0 Å². The Morgan fingerprint density at radius 2 is 1.53 bits per heavy atom. The van der Waals surface area contributed by atoms with Gasteiger partial charge in [0, 0.05) is 6.61 Å². The van der Waals surface area contributed by atoms with Crippen molar-refractivity contribution in [3.8, 4) is 0 Å². The molecule has 2 N–H and O–H groups in total. The van der Waals surface area contributed by atoms with Crippen LogP contribution in [0.1, 0.15) is 106 Å². The molecular formula is C30H50O2. The Labute approximate surface area is 197 Å². The molecule has 2 nitrogen and oxygen atoms in total. The van der Waals surface area contributed by atoms with Crippen molar-refractivity contribution >= 4 is 0 Å². The monoisotopic (exact) mass is 442 g/mol. The minimum atomic E-state index is -0.147. The Morgan fingerprint density at radius 3 is 2.19 bits per heavy atom. The lowest BCUT2D eigenvalue weighted by Gasteiger charge is -2.73. The molecule has 0 saturated heterocycles. The third-order valence-corrected chi connectivity index (χ3v) is 13.5. The fourth-order valence-corrected chi connectivity index (χ4v) is 11.5. The number of allylic oxidation sites excluding steroid dienone is 1. The van der Waals surface area contributed by atoms with Gasteiger partial charge in [-0.1, -0.05) is 46.8 Å². The second kappa shape index (κ2) is 7.09. The molecule has 0 aromatic rings. The minimum absolute atomic E-state index is 0.0290. The van der Waals surface area contributed by atoms with Crippen molar-refractivity contribution in [2.45, 2.75) is 112 Å². The molecule has 5 fully saturated rings. The third kappa shape index (κ3) is 2.66. The van der Waals surface area contributed by atoms with Crippen molar-refractivity contribution < 1.29 is 10.2 Å². The van der Waals surface area contributed by atoms with Gasteiger partial charge in [0.1, 0.15) is 0 Å². The number of aliphatic hydroxyl groups is 2. The molecule has 0 bridgehead atoms. The van der Waals surface area contributed by atoms with Gasteiger partial charge in [0.25, 0.3) is 0 Å². The van der Waals surface area contributed by atoms with Crippen LogP contribution in [-0.4, -0.2) is 22.9 Å². The first-order valence-corrected chi connectivity index (χ1v) is 13.8. The molecule has 5 saturated carbocycles. The maximum absolute atomic E-state index is 10.9. The van der Waals surface area contributed by atoms with Crippen LogP contribution in [0.25, 0.3) is 0 Å². The van der Waals surface area contributed by atoms with Gasteiger partial charge >= 0.3 is 0 Å². The minimum Gasteiger partial charge on any atom is -0.396 e. The lowest BCUT2D eigenvalue weighted by atomic mass is 9.32. The summed E-state index contributed by atoms with van der Waals surface area (Å²) in [6.45, 7) is 19.7. The summed E-state index contributed by atoms with van der Waals surface area (Å²) in [4.78, 5) is 0. The molecule has 0 aromatic heterocycles. The summed E-state index contributed by atoms with van der Waals surface area (Å²) >= 11 is 0. The Morgan fingerprint density at radius 1 is 0.812 bits per heavy atom. The van der Waals surface area contributed by atoms with Crippen LogP contribution in [0.4, 0.5) is 0 Å². The van der Waals surface area contributed by atoms with Crippen molar-refractivity contribution in [3.05, 3.63) is 12.2 Å². The van der Waals surface area contributed by atoms with Crippen LogP contribution in [-0.2, 0) is 0 Å². The maximum Gasteiger partial charge on any atom is 0.0594 e. The molecule has 0 aromatic carbocycles. The molecule has 0 amide bonds. The largest absolute Gasteiger partial charge is 0.396 e. The first-order valence-electron chi connectivity index (χ1n) is 13.8. The molecule has 0 radical (unpaired) electrons. The summed E-state index contributed by atoms with van der Waals surface area (Å²) in [5, 5.41) is 21.5. The van der Waals surface area contributed by atoms with E-state index in [0.29, 0.717) is 40.6 Å². The van der Waals surface area contributed by atoms with Crippen LogP contribution >= 0.6 is 0 Å². The molecule has 5 rings (SSSR count). The van der Waals surface area contributed by atoms with E-state index in [1.807, 2.05) is 0 Å². The number of aliphatic hydroxyl groups excluding tert-OH is 2. The fraction of sp³-hybridized carbons (Fsp3) is 0.933. The fourth-order valence-electron chi connectivity index (χ4n) is 11.5. The van der Waals surface area contributed by atoms with E-state index in [4.69, 9.17) is 0 Å². The van der Waals surface area contributed by atoms with Gasteiger partial charge in [0.2, 0.25) is 0 Å². The normalized spacial score (nSPS) is 56.5. The van der Waals surface area contributed by atoms with Gasteiger partial charge in [0.05, 0.1) is 6.10 Å². The Bertz CT molecular complexity index is 786. The van der Waals surface area contributed by atoms with E-state index in [2.05, 4.69) is 48.1 Å². The highest BCUT2D eigenvalue weighted by atomic mass is 16.3. The highest BCUT2D eigenvalue weighted by Gasteiger charge is 2.70. The van der Waals surface area contributed by atoms with E-state index in [1.54, 1.807) is 0 Å². The van der Waals surface area contributed by atoms with E-state index in [9.17, 15) is 10.2 Å². The molecule has 182 valence electrons. The molecule has 5 aliphatic rings. The second-order valence-corrected chi connectivity index (χ2v) is 14.6. The predicted octanol–water partition coefficient (Wildman–Crippen LogP) is 7.00. The summed E-state index contributed by atoms with van der Waals surface area (Å²) in [6.07, 6.45) is 12.2. The van der Waals surface area contributed by atoms with Crippen LogP contribution in [0, 0.1) is 56.7 Å². The van der Waals surface area contributed by atoms with E-state index in [-0.39, 0.29) is 16.9 Å². The average molecular weight is 443 g/mol. The van der Waals surface area contributed by atoms with Crippen molar-refractivity contribution in [3.63, 3.8) is 0 Å². The first kappa shape index (κ1) is 23.4. The quantitative estimate of drug-likeness (QED) is 0.452. The van der Waals surface area contributed by atoms with E-state index in [0.717, 1.165) is 18.3 Å². The van der Waals surface area contributed by atoms with Gasteiger partial charge in [-0.15, -0.1) is 0 Å². The average Bonchev–Trinajstić information content (AvgIpc) is 3.12. The summed E-state index contributed by atoms with van der Waals surface area (Å²) in [6, 6.07) is 0. The van der Waals surface area contributed by atoms with Crippen molar-refractivity contribution in [2.75, 3.05) is 6.61 Å². The molecule has 0 unspecified atom stereocenters. The Hall–Kier alpha value is -0.340. The smallest absolute Gasteiger partial charge is 0.0594 e. The summed E-state index contributed by atoms with van der Waals surface area (Å²) in [5.41, 5.74) is 2.60. The van der Waals surface area contributed by atoms with E-state index >= 15 is 0 Å². The number of hydrogen-bond donors (Lipinski definition) is 2. The van der Waals surface area contributed by atoms with Gasteiger partial charge in [-0.2, -0.15) is 0 Å². The molecule has 2 heteroatoms. The summed E-state index contributed by atoms with van der Waals surface area (Å²) < 4.78 is 0. The predicted molar refractivity (Wildman–Crippen MR) is 132 cm³/mol. The highest BCUT2D eigenvalue weighted by molar-refractivity contribution is 5.21. The van der Waals surface area contributed by atoms with Crippen molar-refractivity contribution in [2.24, 2.45) is 56.7 Å². The number of fused-ring (bicyclic) bond motifs is 7. The Kier molecular flexibility index (Phi) is 5.19. The molecule has 5 aliphatic carbocycles. The zero-order chi connectivity index (χ0) is 23.3. The summed E-state index contributed by atoms with van der Waals surface area (Å²) in [5.74, 6) is 3.33. The number of hydrogen-bond acceptors (Lipinski definition) is 2. The number of rotatable bonds is 2. The van der Waals surface area contributed by atoms with Crippen LogP contribution in [0.15, 0.2) is 12.2 Å². The van der Waals surface area contributed by atoms with Gasteiger partial charge in [-0.3, -0.25) is 0 Å². The SMILES string of the molecule is C=C(C)[C@@H]1CC[C@]2(CO)CC[C@]3(C)[C@@H](CC[C@H]4[C@@]5(C)CC[C@H](O)C(C)(C)[C@@H]5CC[C@]43C)[C@H]12. The molecule has 0 spiro atoms.